The maximum atomic E-state index is 12.6. The summed E-state index contributed by atoms with van der Waals surface area (Å²) in [5, 5.41) is 3.27. The van der Waals surface area contributed by atoms with Gasteiger partial charge in [0.15, 0.2) is 0 Å². The summed E-state index contributed by atoms with van der Waals surface area (Å²) in [5.41, 5.74) is 1.49. The first-order valence-corrected chi connectivity index (χ1v) is 6.61. The van der Waals surface area contributed by atoms with Crippen LogP contribution >= 0.6 is 0 Å². The van der Waals surface area contributed by atoms with Crippen molar-refractivity contribution in [1.29, 1.82) is 0 Å². The number of hydrogen-bond acceptors (Lipinski definition) is 3. The minimum atomic E-state index is -0.309. The average molecular weight is 258 g/mol. The van der Waals surface area contributed by atoms with Gasteiger partial charge in [0.1, 0.15) is 0 Å². The second-order valence-corrected chi connectivity index (χ2v) is 6.03. The molecule has 0 saturated carbocycles. The number of hydrogen-bond donors (Lipinski definition) is 1. The van der Waals surface area contributed by atoms with E-state index >= 15 is 0 Å². The maximum absolute atomic E-state index is 12.6. The minimum Gasteiger partial charge on any atom is -0.310 e. The highest BCUT2D eigenvalue weighted by Crippen LogP contribution is 2.40. The van der Waals surface area contributed by atoms with E-state index in [1.807, 2.05) is 45.0 Å². The molecule has 2 heterocycles. The molecule has 2 unspecified atom stereocenters. The highest BCUT2D eigenvalue weighted by Gasteiger charge is 2.58. The number of fused-ring (bicyclic) bond motifs is 1. The number of carbonyl (C=O) groups is 2. The van der Waals surface area contributed by atoms with Gasteiger partial charge in [-0.1, -0.05) is 17.7 Å². The van der Waals surface area contributed by atoms with E-state index < -0.39 is 0 Å². The fraction of sp³-hybridized carbons (Fsp3) is 0.467. The second kappa shape index (κ2) is 3.90. The van der Waals surface area contributed by atoms with Crippen LogP contribution in [-0.4, -0.2) is 23.9 Å². The Labute approximate surface area is 112 Å². The summed E-state index contributed by atoms with van der Waals surface area (Å²) in [6.07, 6.45) is 0. The summed E-state index contributed by atoms with van der Waals surface area (Å²) in [6.45, 7) is 6.55. The molecule has 2 saturated heterocycles. The number of nitrogens with zero attached hydrogens (tertiary/aromatic N) is 1. The maximum Gasteiger partial charge on any atom is 0.239 e. The monoisotopic (exact) mass is 258 g/mol. The second-order valence-electron chi connectivity index (χ2n) is 6.03. The molecule has 0 spiro atoms. The van der Waals surface area contributed by atoms with Crippen molar-refractivity contribution in [2.24, 2.45) is 11.8 Å². The highest BCUT2D eigenvalue weighted by molar-refractivity contribution is 6.22. The van der Waals surface area contributed by atoms with Crippen LogP contribution in [0.2, 0.25) is 0 Å². The van der Waals surface area contributed by atoms with E-state index in [1.54, 1.807) is 0 Å². The molecule has 0 aliphatic carbocycles. The Balaban J connectivity index is 1.99. The fourth-order valence-electron chi connectivity index (χ4n) is 3.18. The molecule has 1 N–H and O–H groups in total. The zero-order chi connectivity index (χ0) is 13.8. The number of rotatable bonds is 1. The average Bonchev–Trinajstić information content (AvgIpc) is 2.79. The van der Waals surface area contributed by atoms with Gasteiger partial charge in [0.25, 0.3) is 0 Å². The number of imide groups is 1. The van der Waals surface area contributed by atoms with Crippen LogP contribution in [0.3, 0.4) is 0 Å². The van der Waals surface area contributed by atoms with Crippen LogP contribution in [0.15, 0.2) is 24.3 Å². The molecule has 0 bridgehead atoms. The molecule has 2 fully saturated rings. The molecule has 4 nitrogen and oxygen atoms in total. The summed E-state index contributed by atoms with van der Waals surface area (Å²) in [6, 6.07) is 7.53. The predicted molar refractivity (Wildman–Crippen MR) is 72.7 cm³/mol. The Hall–Kier alpha value is -1.68. The van der Waals surface area contributed by atoms with Crippen LogP contribution in [0.5, 0.6) is 0 Å². The topological polar surface area (TPSA) is 49.4 Å². The first-order valence-electron chi connectivity index (χ1n) is 6.61. The Morgan fingerprint density at radius 1 is 1.16 bits per heavy atom. The molecule has 0 radical (unpaired) electrons. The number of carbonyl (C=O) groups excluding carboxylic acids is 2. The van der Waals surface area contributed by atoms with Crippen LogP contribution in [0.4, 0.5) is 5.69 Å². The Morgan fingerprint density at radius 2 is 1.79 bits per heavy atom. The first-order chi connectivity index (χ1) is 8.92. The lowest BCUT2D eigenvalue weighted by Gasteiger charge is -2.25. The summed E-state index contributed by atoms with van der Waals surface area (Å²) < 4.78 is 0. The van der Waals surface area contributed by atoms with Gasteiger partial charge in [-0.3, -0.25) is 9.59 Å². The van der Waals surface area contributed by atoms with Gasteiger partial charge in [0.2, 0.25) is 11.8 Å². The van der Waals surface area contributed by atoms with Gasteiger partial charge in [-0.05, 0) is 32.9 Å². The molecule has 1 aromatic carbocycles. The third kappa shape index (κ3) is 1.70. The Morgan fingerprint density at radius 3 is 2.37 bits per heavy atom. The van der Waals surface area contributed by atoms with Crippen molar-refractivity contribution in [1.82, 2.24) is 5.32 Å². The third-order valence-electron chi connectivity index (χ3n) is 4.27. The van der Waals surface area contributed by atoms with Crippen molar-refractivity contribution < 1.29 is 9.59 Å². The first kappa shape index (κ1) is 12.4. The summed E-state index contributed by atoms with van der Waals surface area (Å²) >= 11 is 0. The Kier molecular flexibility index (Phi) is 2.54. The van der Waals surface area contributed by atoms with Crippen LogP contribution in [0.25, 0.3) is 0 Å². The van der Waals surface area contributed by atoms with Gasteiger partial charge >= 0.3 is 0 Å². The number of amides is 2. The van der Waals surface area contributed by atoms with Crippen molar-refractivity contribution in [3.8, 4) is 0 Å². The van der Waals surface area contributed by atoms with Crippen molar-refractivity contribution >= 4 is 17.5 Å². The molecule has 2 aliphatic rings. The molecule has 3 rings (SSSR count). The minimum absolute atomic E-state index is 0.0723. The van der Waals surface area contributed by atoms with E-state index in [0.717, 1.165) is 5.56 Å². The quantitative estimate of drug-likeness (QED) is 0.776. The van der Waals surface area contributed by atoms with Crippen LogP contribution in [-0.2, 0) is 9.59 Å². The van der Waals surface area contributed by atoms with Gasteiger partial charge in [-0.25, -0.2) is 4.90 Å². The molecular weight excluding hydrogens is 240 g/mol. The summed E-state index contributed by atoms with van der Waals surface area (Å²) in [7, 11) is 0. The van der Waals surface area contributed by atoms with Crippen molar-refractivity contribution in [3.63, 3.8) is 0 Å². The van der Waals surface area contributed by atoms with Gasteiger partial charge in [0, 0.05) is 12.1 Å². The zero-order valence-electron chi connectivity index (χ0n) is 11.4. The smallest absolute Gasteiger partial charge is 0.239 e. The van der Waals surface area contributed by atoms with E-state index in [9.17, 15) is 9.59 Å². The third-order valence-corrected chi connectivity index (χ3v) is 4.27. The van der Waals surface area contributed by atoms with E-state index in [2.05, 4.69) is 5.32 Å². The molecule has 2 amide bonds. The van der Waals surface area contributed by atoms with Crippen molar-refractivity contribution in [2.45, 2.75) is 26.3 Å². The van der Waals surface area contributed by atoms with E-state index in [-0.39, 0.29) is 29.2 Å². The Bertz CT molecular complexity index is 548. The molecule has 19 heavy (non-hydrogen) atoms. The summed E-state index contributed by atoms with van der Waals surface area (Å²) in [4.78, 5) is 26.4. The van der Waals surface area contributed by atoms with Crippen molar-refractivity contribution in [2.75, 3.05) is 11.4 Å². The zero-order valence-corrected chi connectivity index (χ0v) is 11.4. The van der Waals surface area contributed by atoms with Gasteiger partial charge in [0.05, 0.1) is 17.5 Å². The normalized spacial score (nSPS) is 28.9. The highest BCUT2D eigenvalue weighted by atomic mass is 16.2. The lowest BCUT2D eigenvalue weighted by Crippen LogP contribution is -2.44. The van der Waals surface area contributed by atoms with E-state index in [4.69, 9.17) is 0 Å². The SMILES string of the molecule is Cc1ccc(N2C(=O)C3CNC(C)(C)C3C2=O)cc1. The molecule has 0 aromatic heterocycles. The molecular formula is C15H18N2O2. The van der Waals surface area contributed by atoms with Crippen LogP contribution in [0, 0.1) is 18.8 Å². The predicted octanol–water partition coefficient (Wildman–Crippen LogP) is 1.48. The standard InChI is InChI=1S/C15H18N2O2/c1-9-4-6-10(7-5-9)17-13(18)11-8-16-15(2,3)12(11)14(17)19/h4-7,11-12,16H,8H2,1-3H3. The number of anilines is 1. The van der Waals surface area contributed by atoms with Crippen LogP contribution < -0.4 is 10.2 Å². The van der Waals surface area contributed by atoms with E-state index in [1.165, 1.54) is 4.90 Å². The molecule has 4 heteroatoms. The summed E-state index contributed by atoms with van der Waals surface area (Å²) in [5.74, 6) is -0.615. The number of benzene rings is 1. The lowest BCUT2D eigenvalue weighted by molar-refractivity contribution is -0.123. The molecule has 2 aliphatic heterocycles. The van der Waals surface area contributed by atoms with E-state index in [0.29, 0.717) is 12.2 Å². The largest absolute Gasteiger partial charge is 0.310 e. The number of nitrogens with one attached hydrogen (secondary N) is 1. The molecule has 2 atom stereocenters. The fourth-order valence-corrected chi connectivity index (χ4v) is 3.18. The lowest BCUT2D eigenvalue weighted by atomic mass is 9.84. The number of aryl methyl sites for hydroxylation is 1. The molecule has 100 valence electrons. The van der Waals surface area contributed by atoms with Crippen molar-refractivity contribution in [3.05, 3.63) is 29.8 Å². The van der Waals surface area contributed by atoms with Gasteiger partial charge < -0.3 is 5.32 Å². The van der Waals surface area contributed by atoms with Gasteiger partial charge in [-0.15, -0.1) is 0 Å². The molecule has 1 aromatic rings. The van der Waals surface area contributed by atoms with Gasteiger partial charge in [-0.2, -0.15) is 0 Å². The van der Waals surface area contributed by atoms with Crippen LogP contribution in [0.1, 0.15) is 19.4 Å².